The molecule has 0 amide bonds. The Balaban J connectivity index is 2.57. The number of thioether (sulfide) groups is 1. The first-order chi connectivity index (χ1) is 8.22. The third-order valence-electron chi connectivity index (χ3n) is 2.51. The van der Waals surface area contributed by atoms with E-state index in [4.69, 9.17) is 0 Å². The van der Waals surface area contributed by atoms with Gasteiger partial charge >= 0.3 is 0 Å². The molecule has 0 saturated carbocycles. The zero-order valence-corrected chi connectivity index (χ0v) is 10.2. The van der Waals surface area contributed by atoms with Gasteiger partial charge in [0.05, 0.1) is 0 Å². The van der Waals surface area contributed by atoms with Crippen LogP contribution in [0.15, 0.2) is 58.2 Å². The van der Waals surface area contributed by atoms with Crippen LogP contribution in [0.2, 0.25) is 0 Å². The van der Waals surface area contributed by atoms with Crippen molar-refractivity contribution in [1.29, 1.82) is 0 Å². The van der Waals surface area contributed by atoms with Crippen LogP contribution in [0, 0.1) is 0 Å². The summed E-state index contributed by atoms with van der Waals surface area (Å²) in [5.74, 6) is -0.202. The zero-order chi connectivity index (χ0) is 12.3. The van der Waals surface area contributed by atoms with Crippen molar-refractivity contribution in [3.05, 3.63) is 58.8 Å². The average Bonchev–Trinajstić information content (AvgIpc) is 2.53. The van der Waals surface area contributed by atoms with Gasteiger partial charge in [-0.25, -0.2) is 0 Å². The number of hydrogen-bond acceptors (Lipinski definition) is 3. The van der Waals surface area contributed by atoms with Gasteiger partial charge in [0.1, 0.15) is 0 Å². The maximum absolute atomic E-state index is 11.5. The monoisotopic (exact) mass is 244 g/mol. The molecule has 3 heteroatoms. The van der Waals surface area contributed by atoms with E-state index in [1.165, 1.54) is 6.07 Å². The summed E-state index contributed by atoms with van der Waals surface area (Å²) in [6.45, 7) is 0. The Morgan fingerprint density at radius 3 is 2.29 bits per heavy atom. The summed E-state index contributed by atoms with van der Waals surface area (Å²) in [5.41, 5.74) is 1.04. The predicted molar refractivity (Wildman–Crippen MR) is 71.6 cm³/mol. The first-order valence-corrected chi connectivity index (χ1v) is 6.41. The molecule has 2 nitrogen and oxygen atoms in total. The van der Waals surface area contributed by atoms with E-state index in [9.17, 15) is 9.90 Å². The van der Waals surface area contributed by atoms with Gasteiger partial charge in [0.25, 0.3) is 0 Å². The Bertz CT molecular complexity index is 576. The van der Waals surface area contributed by atoms with Crippen molar-refractivity contribution in [2.45, 2.75) is 4.90 Å². The minimum atomic E-state index is -0.362. The van der Waals surface area contributed by atoms with E-state index in [1.54, 1.807) is 30.0 Å². The van der Waals surface area contributed by atoms with Crippen LogP contribution >= 0.6 is 11.8 Å². The lowest BCUT2D eigenvalue weighted by Crippen LogP contribution is -1.94. The molecule has 0 bridgehead atoms. The Labute approximate surface area is 104 Å². The summed E-state index contributed by atoms with van der Waals surface area (Å²) in [5, 5.41) is 9.82. The molecule has 17 heavy (non-hydrogen) atoms. The molecule has 0 saturated heterocycles. The van der Waals surface area contributed by atoms with Crippen LogP contribution in [0.3, 0.4) is 0 Å². The lowest BCUT2D eigenvalue weighted by Gasteiger charge is -2.02. The molecule has 2 rings (SSSR count). The lowest BCUT2D eigenvalue weighted by molar-refractivity contribution is 0.473. The molecule has 1 N–H and O–H groups in total. The summed E-state index contributed by atoms with van der Waals surface area (Å²) < 4.78 is 0. The molecule has 2 aromatic carbocycles. The van der Waals surface area contributed by atoms with Crippen LogP contribution in [0.4, 0.5) is 0 Å². The molecule has 0 aliphatic carbocycles. The van der Waals surface area contributed by atoms with Gasteiger partial charge in [0.2, 0.25) is 5.43 Å². The van der Waals surface area contributed by atoms with Crippen molar-refractivity contribution in [2.75, 3.05) is 6.26 Å². The Kier molecular flexibility index (Phi) is 3.49. The fourth-order valence-corrected chi connectivity index (χ4v) is 2.00. The third-order valence-corrected chi connectivity index (χ3v) is 3.25. The van der Waals surface area contributed by atoms with Crippen LogP contribution in [0.5, 0.6) is 5.75 Å². The fraction of sp³-hybridized carbons (Fsp3) is 0.0714. The summed E-state index contributed by atoms with van der Waals surface area (Å²) >= 11 is 1.65. The molecule has 0 unspecified atom stereocenters. The molecule has 2 aromatic rings. The zero-order valence-electron chi connectivity index (χ0n) is 9.38. The summed E-state index contributed by atoms with van der Waals surface area (Å²) in [6.07, 6.45) is 2.00. The van der Waals surface area contributed by atoms with Gasteiger partial charge in [-0.1, -0.05) is 30.3 Å². The van der Waals surface area contributed by atoms with Gasteiger partial charge in [0, 0.05) is 10.5 Å². The molecular formula is C14H12O2S. The Morgan fingerprint density at radius 1 is 1.00 bits per heavy atom. The van der Waals surface area contributed by atoms with Crippen molar-refractivity contribution in [2.24, 2.45) is 0 Å². The van der Waals surface area contributed by atoms with Crippen LogP contribution in [0.25, 0.3) is 11.1 Å². The lowest BCUT2D eigenvalue weighted by atomic mass is 10.1. The normalized spacial score (nSPS) is 10.2. The van der Waals surface area contributed by atoms with E-state index in [1.807, 2.05) is 30.5 Å². The van der Waals surface area contributed by atoms with Crippen molar-refractivity contribution in [3.63, 3.8) is 0 Å². The molecule has 0 atom stereocenters. The molecule has 0 aliphatic heterocycles. The maximum Gasteiger partial charge on any atom is 0.220 e. The van der Waals surface area contributed by atoms with E-state index >= 15 is 0 Å². The standard InChI is InChI=1S/C14H12O2S/c1-17-11-8-6-10(7-9-11)12-4-2-3-5-13(15)14(12)16/h2-9H,1H3,(H,15,16). The van der Waals surface area contributed by atoms with Gasteiger partial charge < -0.3 is 5.11 Å². The molecule has 86 valence electrons. The molecule has 0 heterocycles. The van der Waals surface area contributed by atoms with E-state index in [2.05, 4.69) is 0 Å². The van der Waals surface area contributed by atoms with Crippen molar-refractivity contribution in [3.8, 4) is 16.9 Å². The summed E-state index contributed by atoms with van der Waals surface area (Å²) in [4.78, 5) is 12.6. The Hall–Kier alpha value is -1.74. The van der Waals surface area contributed by atoms with Gasteiger partial charge in [-0.2, -0.15) is 0 Å². The Morgan fingerprint density at radius 2 is 1.65 bits per heavy atom. The molecule has 0 spiro atoms. The largest absolute Gasteiger partial charge is 0.504 e. The number of hydrogen-bond donors (Lipinski definition) is 1. The second-order valence-electron chi connectivity index (χ2n) is 3.57. The van der Waals surface area contributed by atoms with E-state index in [0.29, 0.717) is 5.56 Å². The number of benzene rings is 1. The van der Waals surface area contributed by atoms with Crippen molar-refractivity contribution in [1.82, 2.24) is 0 Å². The highest BCUT2D eigenvalue weighted by molar-refractivity contribution is 7.98. The molecular weight excluding hydrogens is 232 g/mol. The highest BCUT2D eigenvalue weighted by Crippen LogP contribution is 2.27. The third kappa shape index (κ3) is 2.50. The van der Waals surface area contributed by atoms with Crippen LogP contribution in [0.1, 0.15) is 0 Å². The predicted octanol–water partition coefficient (Wildman–Crippen LogP) is 3.14. The fourth-order valence-electron chi connectivity index (χ4n) is 1.59. The summed E-state index contributed by atoms with van der Waals surface area (Å²) in [6, 6.07) is 14.2. The van der Waals surface area contributed by atoms with E-state index in [-0.39, 0.29) is 11.2 Å². The molecule has 0 aliphatic rings. The average molecular weight is 244 g/mol. The smallest absolute Gasteiger partial charge is 0.220 e. The second kappa shape index (κ2) is 5.06. The topological polar surface area (TPSA) is 37.3 Å². The van der Waals surface area contributed by atoms with Gasteiger partial charge in [0.15, 0.2) is 5.75 Å². The molecule has 0 radical (unpaired) electrons. The van der Waals surface area contributed by atoms with Gasteiger partial charge in [-0.3, -0.25) is 4.79 Å². The van der Waals surface area contributed by atoms with Gasteiger partial charge in [-0.05, 0) is 30.0 Å². The first-order valence-electron chi connectivity index (χ1n) is 5.19. The number of rotatable bonds is 2. The minimum Gasteiger partial charge on any atom is -0.504 e. The van der Waals surface area contributed by atoms with Crippen molar-refractivity contribution >= 4 is 11.8 Å². The first kappa shape index (κ1) is 11.7. The van der Waals surface area contributed by atoms with Crippen LogP contribution in [-0.4, -0.2) is 11.4 Å². The van der Waals surface area contributed by atoms with E-state index in [0.717, 1.165) is 10.5 Å². The van der Waals surface area contributed by atoms with Crippen molar-refractivity contribution < 1.29 is 5.11 Å². The molecule has 0 fully saturated rings. The van der Waals surface area contributed by atoms with Crippen LogP contribution in [-0.2, 0) is 0 Å². The van der Waals surface area contributed by atoms with Gasteiger partial charge in [-0.15, -0.1) is 11.8 Å². The molecule has 0 aromatic heterocycles. The number of aromatic hydroxyl groups is 1. The highest BCUT2D eigenvalue weighted by atomic mass is 32.2. The van der Waals surface area contributed by atoms with E-state index < -0.39 is 0 Å². The van der Waals surface area contributed by atoms with Crippen LogP contribution < -0.4 is 5.43 Å². The SMILES string of the molecule is CSc1ccc(-c2ccccc(=O)c2O)cc1. The minimum absolute atomic E-state index is 0.202. The highest BCUT2D eigenvalue weighted by Gasteiger charge is 2.05. The second-order valence-corrected chi connectivity index (χ2v) is 4.45. The maximum atomic E-state index is 11.5. The quantitative estimate of drug-likeness (QED) is 0.825. The summed E-state index contributed by atoms with van der Waals surface area (Å²) in [7, 11) is 0.